The highest BCUT2D eigenvalue weighted by Crippen LogP contribution is 2.03. The molecule has 0 fully saturated rings. The second-order valence-corrected chi connectivity index (χ2v) is 3.93. The van der Waals surface area contributed by atoms with Crippen LogP contribution in [0.5, 0.6) is 0 Å². The van der Waals surface area contributed by atoms with Crippen LogP contribution < -0.4 is 10.6 Å². The van der Waals surface area contributed by atoms with Crippen molar-refractivity contribution in [1.29, 1.82) is 5.26 Å². The van der Waals surface area contributed by atoms with Gasteiger partial charge in [0, 0.05) is 6.54 Å². The Morgan fingerprint density at radius 2 is 2.05 bits per heavy atom. The zero-order chi connectivity index (χ0) is 13.5. The van der Waals surface area contributed by atoms with E-state index in [0.29, 0.717) is 24.4 Å². The van der Waals surface area contributed by atoms with Gasteiger partial charge in [0.15, 0.2) is 0 Å². The predicted molar refractivity (Wildman–Crippen MR) is 68.9 cm³/mol. The van der Waals surface area contributed by atoms with Crippen molar-refractivity contribution in [2.75, 3.05) is 0 Å². The number of carbonyl (C=O) groups excluding carboxylic acids is 1. The van der Waals surface area contributed by atoms with Crippen molar-refractivity contribution in [2.45, 2.75) is 13.1 Å². The van der Waals surface area contributed by atoms with Crippen LogP contribution in [0.2, 0.25) is 0 Å². The first-order valence-corrected chi connectivity index (χ1v) is 5.81. The summed E-state index contributed by atoms with van der Waals surface area (Å²) in [4.78, 5) is 11.5. The third-order valence-electron chi connectivity index (χ3n) is 2.51. The molecule has 0 spiro atoms. The van der Waals surface area contributed by atoms with Gasteiger partial charge in [-0.3, -0.25) is 0 Å². The van der Waals surface area contributed by atoms with Crippen LogP contribution >= 0.6 is 0 Å². The zero-order valence-corrected chi connectivity index (χ0v) is 10.2. The normalized spacial score (nSPS) is 9.63. The lowest BCUT2D eigenvalue weighted by Gasteiger charge is -2.06. The number of nitrogens with zero attached hydrogens (tertiary/aromatic N) is 1. The molecule has 0 radical (unpaired) electrons. The van der Waals surface area contributed by atoms with Gasteiger partial charge in [-0.2, -0.15) is 5.26 Å². The van der Waals surface area contributed by atoms with Crippen LogP contribution in [0.3, 0.4) is 0 Å². The lowest BCUT2D eigenvalue weighted by molar-refractivity contribution is 0.239. The molecular formula is C14H13N3O2. The quantitative estimate of drug-likeness (QED) is 0.878. The third-order valence-corrected chi connectivity index (χ3v) is 2.51. The molecule has 1 aromatic carbocycles. The Kier molecular flexibility index (Phi) is 4.19. The molecule has 5 nitrogen and oxygen atoms in total. The smallest absolute Gasteiger partial charge is 0.315 e. The SMILES string of the molecule is N#Cc1cccc(CNC(=O)NCc2ccco2)c1. The molecule has 2 aromatic rings. The van der Waals surface area contributed by atoms with E-state index >= 15 is 0 Å². The summed E-state index contributed by atoms with van der Waals surface area (Å²) in [5.74, 6) is 0.696. The molecule has 19 heavy (non-hydrogen) atoms. The van der Waals surface area contributed by atoms with Crippen molar-refractivity contribution in [3.05, 3.63) is 59.5 Å². The minimum Gasteiger partial charge on any atom is -0.467 e. The van der Waals surface area contributed by atoms with Gasteiger partial charge in [0.25, 0.3) is 0 Å². The topological polar surface area (TPSA) is 78.1 Å². The monoisotopic (exact) mass is 255 g/mol. The predicted octanol–water partition coefficient (Wildman–Crippen LogP) is 2.15. The second kappa shape index (κ2) is 6.26. The minimum atomic E-state index is -0.279. The van der Waals surface area contributed by atoms with Crippen molar-refractivity contribution < 1.29 is 9.21 Å². The molecule has 1 heterocycles. The molecule has 2 rings (SSSR count). The van der Waals surface area contributed by atoms with Gasteiger partial charge in [0.2, 0.25) is 0 Å². The Balaban J connectivity index is 1.78. The minimum absolute atomic E-state index is 0.279. The van der Waals surface area contributed by atoms with Crippen LogP contribution in [0.25, 0.3) is 0 Å². The van der Waals surface area contributed by atoms with Crippen molar-refractivity contribution in [3.8, 4) is 6.07 Å². The molecule has 0 atom stereocenters. The van der Waals surface area contributed by atoms with E-state index in [-0.39, 0.29) is 6.03 Å². The number of benzene rings is 1. The van der Waals surface area contributed by atoms with Crippen LogP contribution in [0.15, 0.2) is 47.1 Å². The maximum absolute atomic E-state index is 11.5. The Bertz CT molecular complexity index is 585. The fourth-order valence-corrected chi connectivity index (χ4v) is 1.58. The molecule has 96 valence electrons. The first-order chi connectivity index (χ1) is 9.28. The summed E-state index contributed by atoms with van der Waals surface area (Å²) >= 11 is 0. The maximum Gasteiger partial charge on any atom is 0.315 e. The molecular weight excluding hydrogens is 242 g/mol. The zero-order valence-electron chi connectivity index (χ0n) is 10.2. The molecule has 0 saturated carbocycles. The van der Waals surface area contributed by atoms with Gasteiger partial charge in [-0.1, -0.05) is 12.1 Å². The van der Waals surface area contributed by atoms with Gasteiger partial charge in [0.05, 0.1) is 24.4 Å². The van der Waals surface area contributed by atoms with Crippen molar-refractivity contribution >= 4 is 6.03 Å². The van der Waals surface area contributed by atoms with Gasteiger partial charge in [0.1, 0.15) is 5.76 Å². The van der Waals surface area contributed by atoms with E-state index in [0.717, 1.165) is 5.56 Å². The molecule has 0 aliphatic heterocycles. The van der Waals surface area contributed by atoms with Gasteiger partial charge >= 0.3 is 6.03 Å². The van der Waals surface area contributed by atoms with E-state index in [1.54, 1.807) is 36.6 Å². The third kappa shape index (κ3) is 3.89. The summed E-state index contributed by atoms with van der Waals surface area (Å²) in [5.41, 5.74) is 1.46. The second-order valence-electron chi connectivity index (χ2n) is 3.93. The molecule has 1 aromatic heterocycles. The van der Waals surface area contributed by atoms with Gasteiger partial charge in [-0.05, 0) is 29.8 Å². The number of nitriles is 1. The highest BCUT2D eigenvalue weighted by Gasteiger charge is 2.02. The van der Waals surface area contributed by atoms with E-state index in [9.17, 15) is 4.79 Å². The van der Waals surface area contributed by atoms with Crippen LogP contribution in [-0.4, -0.2) is 6.03 Å². The van der Waals surface area contributed by atoms with Crippen LogP contribution in [0.1, 0.15) is 16.9 Å². The molecule has 2 amide bonds. The summed E-state index contributed by atoms with van der Waals surface area (Å²) in [6, 6.07) is 12.4. The van der Waals surface area contributed by atoms with Crippen LogP contribution in [0, 0.1) is 11.3 Å². The number of rotatable bonds is 4. The molecule has 0 aliphatic carbocycles. The highest BCUT2D eigenvalue weighted by atomic mass is 16.3. The fourth-order valence-electron chi connectivity index (χ4n) is 1.58. The molecule has 5 heteroatoms. The molecule has 2 N–H and O–H groups in total. The van der Waals surface area contributed by atoms with Crippen LogP contribution in [-0.2, 0) is 13.1 Å². The van der Waals surface area contributed by atoms with Gasteiger partial charge in [-0.15, -0.1) is 0 Å². The van der Waals surface area contributed by atoms with E-state index in [1.807, 2.05) is 6.07 Å². The largest absolute Gasteiger partial charge is 0.467 e. The van der Waals surface area contributed by atoms with Gasteiger partial charge < -0.3 is 15.1 Å². The first-order valence-electron chi connectivity index (χ1n) is 5.81. The summed E-state index contributed by atoms with van der Waals surface area (Å²) in [7, 11) is 0. The average Bonchev–Trinajstić information content (AvgIpc) is 2.96. The summed E-state index contributed by atoms with van der Waals surface area (Å²) in [6.45, 7) is 0.719. The Hall–Kier alpha value is -2.74. The molecule has 0 bridgehead atoms. The number of hydrogen-bond donors (Lipinski definition) is 2. The van der Waals surface area contributed by atoms with E-state index in [1.165, 1.54) is 0 Å². The summed E-state index contributed by atoms with van der Waals surface area (Å²) in [6.07, 6.45) is 1.56. The Labute approximate surface area is 110 Å². The standard InChI is InChI=1S/C14H13N3O2/c15-8-11-3-1-4-12(7-11)9-16-14(18)17-10-13-5-2-6-19-13/h1-7H,9-10H2,(H2,16,17,18). The Morgan fingerprint density at radius 3 is 2.79 bits per heavy atom. The number of amides is 2. The van der Waals surface area contributed by atoms with E-state index in [2.05, 4.69) is 16.7 Å². The van der Waals surface area contributed by atoms with E-state index < -0.39 is 0 Å². The van der Waals surface area contributed by atoms with Crippen molar-refractivity contribution in [2.24, 2.45) is 0 Å². The average molecular weight is 255 g/mol. The molecule has 0 aliphatic rings. The Morgan fingerprint density at radius 1 is 1.21 bits per heavy atom. The highest BCUT2D eigenvalue weighted by molar-refractivity contribution is 5.73. The van der Waals surface area contributed by atoms with E-state index in [4.69, 9.17) is 9.68 Å². The van der Waals surface area contributed by atoms with Crippen LogP contribution in [0.4, 0.5) is 4.79 Å². The maximum atomic E-state index is 11.5. The lowest BCUT2D eigenvalue weighted by Crippen LogP contribution is -2.34. The number of urea groups is 1. The fraction of sp³-hybridized carbons (Fsp3) is 0.143. The van der Waals surface area contributed by atoms with Gasteiger partial charge in [-0.25, -0.2) is 4.79 Å². The molecule has 0 saturated heterocycles. The number of carbonyl (C=O) groups is 1. The van der Waals surface area contributed by atoms with Crippen molar-refractivity contribution in [3.63, 3.8) is 0 Å². The lowest BCUT2D eigenvalue weighted by atomic mass is 10.1. The molecule has 0 unspecified atom stereocenters. The number of furan rings is 1. The van der Waals surface area contributed by atoms with Crippen molar-refractivity contribution in [1.82, 2.24) is 10.6 Å². The first kappa shape index (κ1) is 12.7. The number of nitrogens with one attached hydrogen (secondary N) is 2. The summed E-state index contributed by atoms with van der Waals surface area (Å²) < 4.78 is 5.10. The number of hydrogen-bond acceptors (Lipinski definition) is 3. The summed E-state index contributed by atoms with van der Waals surface area (Å²) in [5, 5.41) is 14.2.